The molecule has 0 aromatic heterocycles. The zero-order chi connectivity index (χ0) is 16.0. The molecule has 1 aromatic carbocycles. The lowest BCUT2D eigenvalue weighted by Crippen LogP contribution is -2.41. The highest BCUT2D eigenvalue weighted by Crippen LogP contribution is 2.29. The summed E-state index contributed by atoms with van der Waals surface area (Å²) in [6.07, 6.45) is 1.16. The number of ether oxygens (including phenoxy) is 1. The number of methoxy groups -OCH3 is 1. The minimum Gasteiger partial charge on any atom is -0.497 e. The van der Waals surface area contributed by atoms with Crippen molar-refractivity contribution in [2.45, 2.75) is 26.7 Å². The number of carboxylic acids is 1. The number of nitrogens with two attached hydrogens (primary N) is 1. The van der Waals surface area contributed by atoms with Crippen LogP contribution in [0, 0.1) is 5.41 Å². The minimum absolute atomic E-state index is 0.0160. The molecule has 0 saturated heterocycles. The Hall–Kier alpha value is -2.08. The number of anilines is 1. The Morgan fingerprint density at radius 1 is 1.33 bits per heavy atom. The molecule has 0 aliphatic heterocycles. The molecular weight excluding hydrogens is 272 g/mol. The van der Waals surface area contributed by atoms with Crippen molar-refractivity contribution < 1.29 is 19.4 Å². The maximum atomic E-state index is 12.5. The molecule has 0 spiro atoms. The molecule has 1 rings (SSSR count). The van der Waals surface area contributed by atoms with Crippen molar-refractivity contribution >= 4 is 17.6 Å². The van der Waals surface area contributed by atoms with E-state index in [0.717, 1.165) is 0 Å². The van der Waals surface area contributed by atoms with Gasteiger partial charge in [0.25, 0.3) is 0 Å². The molecule has 0 radical (unpaired) electrons. The number of carbonyl (C=O) groups excluding carboxylic acids is 1. The second kappa shape index (κ2) is 7.08. The summed E-state index contributed by atoms with van der Waals surface area (Å²) in [5.74, 6) is -0.910. The zero-order valence-corrected chi connectivity index (χ0v) is 12.6. The maximum Gasteiger partial charge on any atom is 0.337 e. The van der Waals surface area contributed by atoms with E-state index in [1.54, 1.807) is 0 Å². The van der Waals surface area contributed by atoms with Crippen molar-refractivity contribution in [3.05, 3.63) is 23.8 Å². The van der Waals surface area contributed by atoms with Crippen molar-refractivity contribution in [1.29, 1.82) is 0 Å². The van der Waals surface area contributed by atoms with Gasteiger partial charge in [-0.15, -0.1) is 0 Å². The summed E-state index contributed by atoms with van der Waals surface area (Å²) in [5, 5.41) is 11.9. The van der Waals surface area contributed by atoms with Gasteiger partial charge in [-0.2, -0.15) is 0 Å². The SMILES string of the molecule is CCC(CC)(CN)C(=O)Nc1cc(OC)ccc1C(=O)O. The molecule has 1 aromatic rings. The average molecular weight is 294 g/mol. The third-order valence-electron chi connectivity index (χ3n) is 3.93. The molecule has 0 fully saturated rings. The predicted octanol–water partition coefficient (Wildman–Crippen LogP) is 2.10. The van der Waals surface area contributed by atoms with E-state index in [2.05, 4.69) is 5.32 Å². The molecule has 0 atom stereocenters. The summed E-state index contributed by atoms with van der Waals surface area (Å²) in [6.45, 7) is 3.98. The number of hydrogen-bond donors (Lipinski definition) is 3. The highest BCUT2D eigenvalue weighted by atomic mass is 16.5. The van der Waals surface area contributed by atoms with Crippen LogP contribution in [0.4, 0.5) is 5.69 Å². The molecule has 0 heterocycles. The molecule has 4 N–H and O–H groups in total. The summed E-state index contributed by atoms with van der Waals surface area (Å²) >= 11 is 0. The second-order valence-corrected chi connectivity index (χ2v) is 4.86. The first-order valence-electron chi connectivity index (χ1n) is 6.87. The van der Waals surface area contributed by atoms with Crippen LogP contribution in [0.3, 0.4) is 0 Å². The van der Waals surface area contributed by atoms with Crippen LogP contribution in [0.1, 0.15) is 37.0 Å². The van der Waals surface area contributed by atoms with Gasteiger partial charge in [-0.3, -0.25) is 4.79 Å². The van der Waals surface area contributed by atoms with E-state index >= 15 is 0 Å². The van der Waals surface area contributed by atoms with Crippen LogP contribution in [0.15, 0.2) is 18.2 Å². The Labute approximate surface area is 124 Å². The molecule has 1 amide bonds. The van der Waals surface area contributed by atoms with Gasteiger partial charge in [0, 0.05) is 12.6 Å². The predicted molar refractivity (Wildman–Crippen MR) is 80.7 cm³/mol. The number of hydrogen-bond acceptors (Lipinski definition) is 4. The van der Waals surface area contributed by atoms with Crippen molar-refractivity contribution in [2.75, 3.05) is 19.0 Å². The van der Waals surface area contributed by atoms with Crippen LogP contribution < -0.4 is 15.8 Å². The summed E-state index contributed by atoms with van der Waals surface area (Å²) in [7, 11) is 1.48. The normalized spacial score (nSPS) is 11.0. The minimum atomic E-state index is -1.11. The summed E-state index contributed by atoms with van der Waals surface area (Å²) in [5.41, 5.74) is 5.27. The van der Waals surface area contributed by atoms with Gasteiger partial charge in [-0.1, -0.05) is 13.8 Å². The summed E-state index contributed by atoms with van der Waals surface area (Å²) < 4.78 is 5.07. The van der Waals surface area contributed by atoms with Gasteiger partial charge in [0.15, 0.2) is 0 Å². The van der Waals surface area contributed by atoms with Gasteiger partial charge in [0.1, 0.15) is 5.75 Å². The first kappa shape index (κ1) is 17.0. The van der Waals surface area contributed by atoms with Crippen LogP contribution >= 0.6 is 0 Å². The van der Waals surface area contributed by atoms with E-state index < -0.39 is 11.4 Å². The van der Waals surface area contributed by atoms with Crippen LogP contribution in [0.2, 0.25) is 0 Å². The highest BCUT2D eigenvalue weighted by molar-refractivity contribution is 6.02. The molecule has 0 aliphatic rings. The molecule has 6 heteroatoms. The molecule has 116 valence electrons. The van der Waals surface area contributed by atoms with Gasteiger partial charge < -0.3 is 20.9 Å². The van der Waals surface area contributed by atoms with E-state index in [0.29, 0.717) is 18.6 Å². The Kier molecular flexibility index (Phi) is 5.72. The standard InChI is InChI=1S/C15H22N2O4/c1-4-15(5-2,9-16)14(20)17-12-8-10(21-3)6-7-11(12)13(18)19/h6-8H,4-5,9,16H2,1-3H3,(H,17,20)(H,18,19). The van der Waals surface area contributed by atoms with Gasteiger partial charge in [0.2, 0.25) is 5.91 Å². The maximum absolute atomic E-state index is 12.5. The molecule has 6 nitrogen and oxygen atoms in total. The molecule has 21 heavy (non-hydrogen) atoms. The van der Waals surface area contributed by atoms with Gasteiger partial charge >= 0.3 is 5.97 Å². The quantitative estimate of drug-likeness (QED) is 0.714. The third-order valence-corrected chi connectivity index (χ3v) is 3.93. The van der Waals surface area contributed by atoms with E-state index in [1.165, 1.54) is 25.3 Å². The van der Waals surface area contributed by atoms with Crippen molar-refractivity contribution in [1.82, 2.24) is 0 Å². The Balaban J connectivity index is 3.16. The molecular formula is C15H22N2O4. The third kappa shape index (κ3) is 3.52. The van der Waals surface area contributed by atoms with Crippen molar-refractivity contribution in [2.24, 2.45) is 11.1 Å². The number of aromatic carboxylic acids is 1. The van der Waals surface area contributed by atoms with Crippen LogP contribution in [0.25, 0.3) is 0 Å². The summed E-state index contributed by atoms with van der Waals surface area (Å²) in [6, 6.07) is 4.43. The number of nitrogens with one attached hydrogen (secondary N) is 1. The molecule has 0 saturated carbocycles. The zero-order valence-electron chi connectivity index (χ0n) is 12.6. The fourth-order valence-corrected chi connectivity index (χ4v) is 2.15. The van der Waals surface area contributed by atoms with Crippen molar-refractivity contribution in [3.63, 3.8) is 0 Å². The fraction of sp³-hybridized carbons (Fsp3) is 0.467. The Morgan fingerprint density at radius 3 is 2.38 bits per heavy atom. The summed E-state index contributed by atoms with van der Waals surface area (Å²) in [4.78, 5) is 23.7. The van der Waals surface area contributed by atoms with Crippen LogP contribution in [-0.2, 0) is 4.79 Å². The van der Waals surface area contributed by atoms with Gasteiger partial charge in [0.05, 0.1) is 23.8 Å². The topological polar surface area (TPSA) is 102 Å². The second-order valence-electron chi connectivity index (χ2n) is 4.86. The number of carboxylic acid groups (broad SMARTS) is 1. The lowest BCUT2D eigenvalue weighted by molar-refractivity contribution is -0.125. The van der Waals surface area contributed by atoms with Crippen LogP contribution in [-0.4, -0.2) is 30.6 Å². The lowest BCUT2D eigenvalue weighted by atomic mass is 9.81. The first-order chi connectivity index (χ1) is 9.93. The van der Waals surface area contributed by atoms with Crippen molar-refractivity contribution in [3.8, 4) is 5.75 Å². The van der Waals surface area contributed by atoms with E-state index in [9.17, 15) is 14.7 Å². The monoisotopic (exact) mass is 294 g/mol. The van der Waals surface area contributed by atoms with Gasteiger partial charge in [-0.25, -0.2) is 4.79 Å². The number of carbonyl (C=O) groups is 2. The Morgan fingerprint density at radius 2 is 1.95 bits per heavy atom. The molecule has 0 aliphatic carbocycles. The van der Waals surface area contributed by atoms with E-state index in [-0.39, 0.29) is 23.7 Å². The number of amides is 1. The smallest absolute Gasteiger partial charge is 0.337 e. The largest absolute Gasteiger partial charge is 0.497 e. The highest BCUT2D eigenvalue weighted by Gasteiger charge is 2.34. The average Bonchev–Trinajstić information content (AvgIpc) is 2.49. The molecule has 0 unspecified atom stereocenters. The van der Waals surface area contributed by atoms with Crippen LogP contribution in [0.5, 0.6) is 5.75 Å². The van der Waals surface area contributed by atoms with E-state index in [1.807, 2.05) is 13.8 Å². The van der Waals surface area contributed by atoms with E-state index in [4.69, 9.17) is 10.5 Å². The number of benzene rings is 1. The molecule has 0 bridgehead atoms. The first-order valence-corrected chi connectivity index (χ1v) is 6.87. The number of rotatable bonds is 7. The van der Waals surface area contributed by atoms with Gasteiger partial charge in [-0.05, 0) is 25.0 Å². The Bertz CT molecular complexity index is 516. The lowest BCUT2D eigenvalue weighted by Gasteiger charge is -2.28. The fourth-order valence-electron chi connectivity index (χ4n) is 2.15.